The monoisotopic (exact) mass is 608 g/mol. The summed E-state index contributed by atoms with van der Waals surface area (Å²) < 4.78 is 25.4. The molecule has 0 N–H and O–H groups in total. The SMILES string of the molecule is CCOc1ccc([C@H]2C(C(=O)OC)=CN=c3s/c(=C/c4ccc(-c5ccc(Br)cc5)o4)c(=O)n32)cc1OCC. The Labute approximate surface area is 236 Å². The number of carbonyl (C=O) groups excluding carboxylic acids is 1. The molecule has 0 spiro atoms. The molecule has 1 atom stereocenters. The number of thiazole rings is 1. The van der Waals surface area contributed by atoms with Crippen molar-refractivity contribution in [3.63, 3.8) is 0 Å². The average Bonchev–Trinajstić information content (AvgIpc) is 3.54. The number of aromatic nitrogens is 1. The van der Waals surface area contributed by atoms with E-state index in [1.54, 1.807) is 18.2 Å². The number of ether oxygens (including phenoxy) is 3. The molecule has 200 valence electrons. The number of carbonyl (C=O) groups is 1. The summed E-state index contributed by atoms with van der Waals surface area (Å²) >= 11 is 4.66. The number of furan rings is 1. The standard InChI is InChI=1S/C29H25BrN2O6S/c1-4-36-23-12-8-18(14-24(23)37-5-2)26-21(28(34)35-3)16-31-29-32(26)27(33)25(39-29)15-20-11-13-22(38-20)17-6-9-19(30)10-7-17/h6-16,26H,4-5H2,1-3H3/b25-15+/t26-/m0/s1. The average molecular weight is 609 g/mol. The number of nitrogens with zero attached hydrogens (tertiary/aromatic N) is 2. The summed E-state index contributed by atoms with van der Waals surface area (Å²) in [6.07, 6.45) is 3.15. The summed E-state index contributed by atoms with van der Waals surface area (Å²) in [6, 6.07) is 16.1. The molecule has 0 bridgehead atoms. The number of methoxy groups -OCH3 is 1. The summed E-state index contributed by atoms with van der Waals surface area (Å²) in [5.74, 6) is 1.75. The lowest BCUT2D eigenvalue weighted by molar-refractivity contribution is -0.136. The fourth-order valence-corrected chi connectivity index (χ4v) is 5.53. The Morgan fingerprint density at radius 2 is 1.82 bits per heavy atom. The van der Waals surface area contributed by atoms with E-state index >= 15 is 0 Å². The van der Waals surface area contributed by atoms with E-state index in [2.05, 4.69) is 20.9 Å². The molecule has 4 aromatic rings. The summed E-state index contributed by atoms with van der Waals surface area (Å²) in [5, 5.41) is 0. The first-order valence-corrected chi connectivity index (χ1v) is 13.9. The first-order chi connectivity index (χ1) is 18.9. The fraction of sp³-hybridized carbons (Fsp3) is 0.207. The highest BCUT2D eigenvalue weighted by atomic mass is 79.9. The molecule has 0 unspecified atom stereocenters. The van der Waals surface area contributed by atoms with E-state index in [9.17, 15) is 9.59 Å². The van der Waals surface area contributed by atoms with Gasteiger partial charge in [-0.3, -0.25) is 9.36 Å². The Morgan fingerprint density at radius 1 is 1.08 bits per heavy atom. The van der Waals surface area contributed by atoms with Gasteiger partial charge in [0.25, 0.3) is 5.56 Å². The van der Waals surface area contributed by atoms with Crippen LogP contribution < -0.4 is 24.4 Å². The van der Waals surface area contributed by atoms with E-state index in [4.69, 9.17) is 18.6 Å². The topological polar surface area (TPSA) is 92.3 Å². The van der Waals surface area contributed by atoms with Gasteiger partial charge < -0.3 is 18.6 Å². The zero-order chi connectivity index (χ0) is 27.5. The van der Waals surface area contributed by atoms with E-state index < -0.39 is 12.0 Å². The first kappa shape index (κ1) is 26.7. The van der Waals surface area contributed by atoms with Gasteiger partial charge >= 0.3 is 5.97 Å². The Bertz CT molecular complexity index is 1730. The predicted octanol–water partition coefficient (Wildman–Crippen LogP) is 4.84. The number of fused-ring (bicyclic) bond motifs is 1. The number of benzene rings is 2. The van der Waals surface area contributed by atoms with Gasteiger partial charge in [0.15, 0.2) is 16.3 Å². The molecule has 10 heteroatoms. The lowest BCUT2D eigenvalue weighted by Gasteiger charge is -2.23. The van der Waals surface area contributed by atoms with Crippen molar-refractivity contribution >= 4 is 39.3 Å². The molecular formula is C29H25BrN2O6S. The largest absolute Gasteiger partial charge is 0.490 e. The zero-order valence-electron chi connectivity index (χ0n) is 21.5. The molecule has 2 aromatic heterocycles. The van der Waals surface area contributed by atoms with Crippen molar-refractivity contribution in [2.45, 2.75) is 19.9 Å². The highest BCUT2D eigenvalue weighted by Crippen LogP contribution is 2.35. The number of rotatable bonds is 8. The van der Waals surface area contributed by atoms with Crippen LogP contribution in [0, 0.1) is 0 Å². The molecule has 2 aromatic carbocycles. The van der Waals surface area contributed by atoms with Crippen LogP contribution in [0.15, 0.2) is 85.0 Å². The maximum atomic E-state index is 13.8. The highest BCUT2D eigenvalue weighted by Gasteiger charge is 2.31. The minimum absolute atomic E-state index is 0.235. The quantitative estimate of drug-likeness (QED) is 0.266. The second kappa shape index (κ2) is 11.5. The van der Waals surface area contributed by atoms with E-state index in [-0.39, 0.29) is 11.1 Å². The summed E-state index contributed by atoms with van der Waals surface area (Å²) in [7, 11) is 1.30. The van der Waals surface area contributed by atoms with Gasteiger partial charge in [0.05, 0.1) is 36.5 Å². The molecule has 0 saturated heterocycles. The van der Waals surface area contributed by atoms with Crippen molar-refractivity contribution in [2.24, 2.45) is 4.99 Å². The van der Waals surface area contributed by atoms with Crippen LogP contribution in [0.3, 0.4) is 0 Å². The van der Waals surface area contributed by atoms with Crippen molar-refractivity contribution in [3.05, 3.63) is 102 Å². The minimum atomic E-state index is -0.763. The Morgan fingerprint density at radius 3 is 2.54 bits per heavy atom. The smallest absolute Gasteiger partial charge is 0.337 e. The van der Waals surface area contributed by atoms with Crippen LogP contribution in [0.5, 0.6) is 11.5 Å². The van der Waals surface area contributed by atoms with Gasteiger partial charge in [-0.05, 0) is 55.8 Å². The van der Waals surface area contributed by atoms with Crippen LogP contribution in [-0.4, -0.2) is 30.9 Å². The van der Waals surface area contributed by atoms with Gasteiger partial charge in [0.2, 0.25) is 0 Å². The molecule has 5 rings (SSSR count). The maximum absolute atomic E-state index is 13.8. The summed E-state index contributed by atoms with van der Waals surface area (Å²) in [5.41, 5.74) is 1.52. The Kier molecular flexibility index (Phi) is 7.85. The van der Waals surface area contributed by atoms with Crippen LogP contribution in [0.25, 0.3) is 17.4 Å². The van der Waals surface area contributed by atoms with Gasteiger partial charge in [-0.25, -0.2) is 9.79 Å². The molecule has 0 fully saturated rings. The number of halogens is 1. The third-order valence-corrected chi connectivity index (χ3v) is 7.56. The molecule has 1 aliphatic rings. The normalized spacial score (nSPS) is 14.8. The van der Waals surface area contributed by atoms with Gasteiger partial charge in [-0.2, -0.15) is 0 Å². The van der Waals surface area contributed by atoms with E-state index in [0.717, 1.165) is 10.0 Å². The molecule has 8 nitrogen and oxygen atoms in total. The molecule has 0 amide bonds. The number of hydrogen-bond donors (Lipinski definition) is 0. The van der Waals surface area contributed by atoms with Gasteiger partial charge in [-0.1, -0.05) is 45.5 Å². The zero-order valence-corrected chi connectivity index (χ0v) is 23.9. The van der Waals surface area contributed by atoms with Crippen LogP contribution in [-0.2, 0) is 9.53 Å². The second-order valence-corrected chi connectivity index (χ2v) is 10.4. The first-order valence-electron chi connectivity index (χ1n) is 12.3. The van der Waals surface area contributed by atoms with Crippen LogP contribution in [0.2, 0.25) is 0 Å². The van der Waals surface area contributed by atoms with Crippen molar-refractivity contribution in [2.75, 3.05) is 20.3 Å². The summed E-state index contributed by atoms with van der Waals surface area (Å²) in [6.45, 7) is 4.67. The van der Waals surface area contributed by atoms with Crippen LogP contribution >= 0.6 is 27.3 Å². The molecular weight excluding hydrogens is 584 g/mol. The van der Waals surface area contributed by atoms with Crippen molar-refractivity contribution < 1.29 is 23.4 Å². The van der Waals surface area contributed by atoms with Crippen molar-refractivity contribution in [1.82, 2.24) is 4.57 Å². The lowest BCUT2D eigenvalue weighted by Crippen LogP contribution is -2.39. The number of hydrogen-bond acceptors (Lipinski definition) is 8. The third-order valence-electron chi connectivity index (χ3n) is 6.04. The molecule has 0 saturated carbocycles. The van der Waals surface area contributed by atoms with Crippen LogP contribution in [0.4, 0.5) is 0 Å². The molecule has 3 heterocycles. The Balaban J connectivity index is 1.60. The lowest BCUT2D eigenvalue weighted by atomic mass is 9.97. The van der Waals surface area contributed by atoms with Gasteiger partial charge in [-0.15, -0.1) is 0 Å². The van der Waals surface area contributed by atoms with E-state index in [0.29, 0.717) is 51.1 Å². The minimum Gasteiger partial charge on any atom is -0.490 e. The Hall–Kier alpha value is -3.89. The highest BCUT2D eigenvalue weighted by molar-refractivity contribution is 9.10. The maximum Gasteiger partial charge on any atom is 0.337 e. The van der Waals surface area contributed by atoms with E-state index in [1.165, 1.54) is 29.2 Å². The predicted molar refractivity (Wildman–Crippen MR) is 152 cm³/mol. The van der Waals surface area contributed by atoms with Gasteiger partial charge in [0.1, 0.15) is 11.5 Å². The third kappa shape index (κ3) is 5.35. The number of esters is 1. The van der Waals surface area contributed by atoms with E-state index in [1.807, 2.05) is 56.3 Å². The van der Waals surface area contributed by atoms with Crippen molar-refractivity contribution in [1.29, 1.82) is 0 Å². The fourth-order valence-electron chi connectivity index (χ4n) is 4.32. The van der Waals surface area contributed by atoms with Gasteiger partial charge in [0, 0.05) is 22.3 Å². The molecule has 0 aliphatic carbocycles. The molecule has 1 aliphatic heterocycles. The molecule has 39 heavy (non-hydrogen) atoms. The van der Waals surface area contributed by atoms with Crippen LogP contribution in [0.1, 0.15) is 31.2 Å². The summed E-state index contributed by atoms with van der Waals surface area (Å²) in [4.78, 5) is 31.4. The van der Waals surface area contributed by atoms with Crippen molar-refractivity contribution in [3.8, 4) is 22.8 Å². The second-order valence-electron chi connectivity index (χ2n) is 8.46. The molecule has 0 radical (unpaired) electrons.